The summed E-state index contributed by atoms with van der Waals surface area (Å²) in [6.07, 6.45) is 0.602. The van der Waals surface area contributed by atoms with E-state index in [1.807, 2.05) is 0 Å². The second-order valence-electron chi connectivity index (χ2n) is 3.88. The molecule has 1 aromatic heterocycles. The monoisotopic (exact) mass is 209 g/mol. The molecule has 0 aliphatic carbocycles. The summed E-state index contributed by atoms with van der Waals surface area (Å²) in [4.78, 5) is 22.8. The molecule has 1 N–H and O–H groups in total. The van der Waals surface area contributed by atoms with Crippen molar-refractivity contribution in [3.63, 3.8) is 0 Å². The zero-order valence-corrected chi connectivity index (χ0v) is 9.19. The molecular formula is C10H15N3O2. The Labute approximate surface area is 88.6 Å². The van der Waals surface area contributed by atoms with Gasteiger partial charge in [-0.1, -0.05) is 13.8 Å². The van der Waals surface area contributed by atoms with Gasteiger partial charge in [0, 0.05) is 6.42 Å². The maximum Gasteiger partial charge on any atom is 0.311 e. The van der Waals surface area contributed by atoms with Crippen molar-refractivity contribution in [3.8, 4) is 0 Å². The molecule has 0 aliphatic rings. The highest BCUT2D eigenvalue weighted by atomic mass is 16.4. The van der Waals surface area contributed by atoms with Gasteiger partial charge in [-0.25, -0.2) is 15.0 Å². The lowest BCUT2D eigenvalue weighted by molar-refractivity contribution is -0.136. The molecule has 0 atom stereocenters. The normalized spacial score (nSPS) is 10.7. The first-order valence-corrected chi connectivity index (χ1v) is 4.89. The average Bonchev–Trinajstić information content (AvgIpc) is 1.98. The Morgan fingerprint density at radius 2 is 1.87 bits per heavy atom. The van der Waals surface area contributed by atoms with E-state index in [1.54, 1.807) is 6.92 Å². The lowest BCUT2D eigenvalue weighted by Gasteiger charge is -2.05. The van der Waals surface area contributed by atoms with Crippen molar-refractivity contribution in [2.45, 2.75) is 33.6 Å². The first kappa shape index (κ1) is 11.6. The molecule has 15 heavy (non-hydrogen) atoms. The van der Waals surface area contributed by atoms with Crippen molar-refractivity contribution >= 4 is 5.97 Å². The van der Waals surface area contributed by atoms with Gasteiger partial charge in [0.2, 0.25) is 0 Å². The number of hydrogen-bond acceptors (Lipinski definition) is 4. The van der Waals surface area contributed by atoms with Crippen LogP contribution in [0.25, 0.3) is 0 Å². The Bertz CT molecular complexity index is 364. The molecule has 1 aromatic rings. The summed E-state index contributed by atoms with van der Waals surface area (Å²) in [5, 5.41) is 8.63. The number of aromatic nitrogens is 3. The van der Waals surface area contributed by atoms with E-state index in [1.165, 1.54) is 0 Å². The molecule has 5 nitrogen and oxygen atoms in total. The molecular weight excluding hydrogens is 194 g/mol. The van der Waals surface area contributed by atoms with Crippen LogP contribution in [0.5, 0.6) is 0 Å². The fourth-order valence-corrected chi connectivity index (χ4v) is 1.27. The topological polar surface area (TPSA) is 76.0 Å². The van der Waals surface area contributed by atoms with Gasteiger partial charge in [-0.3, -0.25) is 4.79 Å². The van der Waals surface area contributed by atoms with Crippen molar-refractivity contribution in [2.24, 2.45) is 5.92 Å². The van der Waals surface area contributed by atoms with Crippen LogP contribution in [-0.2, 0) is 17.6 Å². The van der Waals surface area contributed by atoms with Crippen LogP contribution in [0.3, 0.4) is 0 Å². The predicted molar refractivity (Wildman–Crippen MR) is 54.4 cm³/mol. The molecule has 0 saturated heterocycles. The third-order valence-corrected chi connectivity index (χ3v) is 1.74. The smallest absolute Gasteiger partial charge is 0.311 e. The van der Waals surface area contributed by atoms with E-state index in [0.717, 1.165) is 6.42 Å². The van der Waals surface area contributed by atoms with Gasteiger partial charge in [0.1, 0.15) is 23.9 Å². The van der Waals surface area contributed by atoms with E-state index < -0.39 is 5.97 Å². The average molecular weight is 209 g/mol. The molecule has 0 unspecified atom stereocenters. The lowest BCUT2D eigenvalue weighted by atomic mass is 10.1. The maximum absolute atomic E-state index is 10.5. The summed E-state index contributed by atoms with van der Waals surface area (Å²) in [6.45, 7) is 5.88. The number of carboxylic acid groups (broad SMARTS) is 1. The maximum atomic E-state index is 10.5. The number of carbonyl (C=O) groups is 1. The Hall–Kier alpha value is -1.52. The summed E-state index contributed by atoms with van der Waals surface area (Å²) < 4.78 is 0. The molecule has 0 fully saturated rings. The Morgan fingerprint density at radius 1 is 1.27 bits per heavy atom. The van der Waals surface area contributed by atoms with Crippen molar-refractivity contribution in [3.05, 3.63) is 17.5 Å². The number of rotatable bonds is 4. The van der Waals surface area contributed by atoms with Gasteiger partial charge in [0.25, 0.3) is 0 Å². The fraction of sp³-hybridized carbons (Fsp3) is 0.600. The van der Waals surface area contributed by atoms with Crippen molar-refractivity contribution in [1.29, 1.82) is 0 Å². The zero-order valence-electron chi connectivity index (χ0n) is 9.19. The van der Waals surface area contributed by atoms with Crippen molar-refractivity contribution < 1.29 is 9.90 Å². The molecule has 0 bridgehead atoms. The largest absolute Gasteiger partial charge is 0.481 e. The summed E-state index contributed by atoms with van der Waals surface area (Å²) in [6, 6.07) is 0. The van der Waals surface area contributed by atoms with Gasteiger partial charge in [-0.2, -0.15) is 0 Å². The van der Waals surface area contributed by atoms with Crippen LogP contribution >= 0.6 is 0 Å². The van der Waals surface area contributed by atoms with Crippen LogP contribution in [0.1, 0.15) is 31.3 Å². The molecule has 1 rings (SSSR count). The van der Waals surface area contributed by atoms with E-state index in [2.05, 4.69) is 28.8 Å². The van der Waals surface area contributed by atoms with E-state index in [4.69, 9.17) is 5.11 Å². The van der Waals surface area contributed by atoms with Crippen LogP contribution in [-0.4, -0.2) is 26.0 Å². The minimum Gasteiger partial charge on any atom is -0.481 e. The number of carboxylic acids is 1. The second kappa shape index (κ2) is 4.82. The molecule has 0 spiro atoms. The predicted octanol–water partition coefficient (Wildman–Crippen LogP) is 1.01. The molecule has 0 aliphatic heterocycles. The summed E-state index contributed by atoms with van der Waals surface area (Å²) in [7, 11) is 0. The van der Waals surface area contributed by atoms with Crippen LogP contribution in [0, 0.1) is 12.8 Å². The summed E-state index contributed by atoms with van der Waals surface area (Å²) >= 11 is 0. The van der Waals surface area contributed by atoms with Gasteiger partial charge < -0.3 is 5.11 Å². The summed E-state index contributed by atoms with van der Waals surface area (Å²) in [5.41, 5.74) is 0. The van der Waals surface area contributed by atoms with Crippen LogP contribution in [0.15, 0.2) is 0 Å². The Kier molecular flexibility index (Phi) is 3.71. The first-order valence-electron chi connectivity index (χ1n) is 4.89. The minimum atomic E-state index is -0.920. The molecule has 0 amide bonds. The molecule has 82 valence electrons. The highest BCUT2D eigenvalue weighted by Gasteiger charge is 2.08. The molecule has 0 aromatic carbocycles. The van der Waals surface area contributed by atoms with Crippen LogP contribution < -0.4 is 0 Å². The highest BCUT2D eigenvalue weighted by molar-refractivity contribution is 5.68. The van der Waals surface area contributed by atoms with E-state index in [9.17, 15) is 4.79 Å². The van der Waals surface area contributed by atoms with Gasteiger partial charge in [-0.15, -0.1) is 0 Å². The fourth-order valence-electron chi connectivity index (χ4n) is 1.27. The van der Waals surface area contributed by atoms with Crippen molar-refractivity contribution in [1.82, 2.24) is 15.0 Å². The lowest BCUT2D eigenvalue weighted by Crippen LogP contribution is -2.11. The molecule has 0 radical (unpaired) electrons. The van der Waals surface area contributed by atoms with Crippen LogP contribution in [0.4, 0.5) is 0 Å². The Balaban J connectivity index is 2.89. The first-order chi connectivity index (χ1) is 6.97. The minimum absolute atomic E-state index is 0.144. The van der Waals surface area contributed by atoms with Gasteiger partial charge in [-0.05, 0) is 12.8 Å². The van der Waals surface area contributed by atoms with Gasteiger partial charge in [0.05, 0.1) is 0 Å². The SMILES string of the molecule is Cc1nc(CC(=O)O)nc(CC(C)C)n1. The number of aliphatic carboxylic acids is 1. The summed E-state index contributed by atoms with van der Waals surface area (Å²) in [5.74, 6) is 1.12. The standard InChI is InChI=1S/C10H15N3O2/c1-6(2)4-8-11-7(3)12-9(13-8)5-10(14)15/h6H,4-5H2,1-3H3,(H,14,15). The van der Waals surface area contributed by atoms with E-state index >= 15 is 0 Å². The zero-order chi connectivity index (χ0) is 11.4. The molecule has 1 heterocycles. The van der Waals surface area contributed by atoms with Crippen LogP contribution in [0.2, 0.25) is 0 Å². The van der Waals surface area contributed by atoms with Gasteiger partial charge >= 0.3 is 5.97 Å². The van der Waals surface area contributed by atoms with E-state index in [-0.39, 0.29) is 6.42 Å². The number of nitrogens with zero attached hydrogens (tertiary/aromatic N) is 3. The van der Waals surface area contributed by atoms with E-state index in [0.29, 0.717) is 23.4 Å². The third kappa shape index (κ3) is 4.01. The number of hydrogen-bond donors (Lipinski definition) is 1. The second-order valence-corrected chi connectivity index (χ2v) is 3.88. The van der Waals surface area contributed by atoms with Gasteiger partial charge in [0.15, 0.2) is 0 Å². The quantitative estimate of drug-likeness (QED) is 0.800. The number of aryl methyl sites for hydroxylation is 1. The molecule has 0 saturated carbocycles. The highest BCUT2D eigenvalue weighted by Crippen LogP contribution is 2.04. The van der Waals surface area contributed by atoms with Crippen molar-refractivity contribution in [2.75, 3.05) is 0 Å². The third-order valence-electron chi connectivity index (χ3n) is 1.74. The molecule has 5 heteroatoms. The Morgan fingerprint density at radius 3 is 2.40 bits per heavy atom.